The van der Waals surface area contributed by atoms with E-state index in [0.29, 0.717) is 23.0 Å². The highest BCUT2D eigenvalue weighted by Crippen LogP contribution is 2.34. The Hall–Kier alpha value is -1.90. The molecule has 1 amide bonds. The van der Waals surface area contributed by atoms with Crippen LogP contribution < -0.4 is 10.2 Å². The Kier molecular flexibility index (Phi) is 6.84. The highest BCUT2D eigenvalue weighted by molar-refractivity contribution is 8.00. The van der Waals surface area contributed by atoms with Crippen LogP contribution in [0.5, 0.6) is 0 Å². The van der Waals surface area contributed by atoms with Crippen molar-refractivity contribution in [3.05, 3.63) is 41.2 Å². The summed E-state index contributed by atoms with van der Waals surface area (Å²) in [6, 6.07) is 7.46. The first kappa shape index (κ1) is 20.4. The van der Waals surface area contributed by atoms with Gasteiger partial charge in [0.1, 0.15) is 16.1 Å². The Morgan fingerprint density at radius 2 is 1.90 bits per heavy atom. The fourth-order valence-corrected chi connectivity index (χ4v) is 5.31. The minimum absolute atomic E-state index is 0.0334. The maximum absolute atomic E-state index is 12.3. The molecule has 1 saturated heterocycles. The number of carbonyl (C=O) groups is 1. The number of benzene rings is 1. The van der Waals surface area contributed by atoms with Gasteiger partial charge < -0.3 is 10.2 Å². The van der Waals surface area contributed by atoms with Gasteiger partial charge in [-0.1, -0.05) is 59.7 Å². The number of aromatic nitrogens is 3. The molecule has 0 bridgehead atoms. The summed E-state index contributed by atoms with van der Waals surface area (Å²) in [6.45, 7) is 2.57. The summed E-state index contributed by atoms with van der Waals surface area (Å²) in [5.41, 5.74) is 1.73. The van der Waals surface area contributed by atoms with Crippen molar-refractivity contribution in [2.45, 2.75) is 37.3 Å². The van der Waals surface area contributed by atoms with Crippen molar-refractivity contribution in [2.75, 3.05) is 23.7 Å². The molecule has 1 N–H and O–H groups in total. The van der Waals surface area contributed by atoms with Crippen LogP contribution in [0.4, 0.5) is 5.13 Å². The molecule has 2 aromatic heterocycles. The van der Waals surface area contributed by atoms with Crippen molar-refractivity contribution in [2.24, 2.45) is 0 Å². The van der Waals surface area contributed by atoms with Crippen molar-refractivity contribution in [3.63, 3.8) is 0 Å². The van der Waals surface area contributed by atoms with Gasteiger partial charge in [-0.3, -0.25) is 4.79 Å². The second-order valence-corrected chi connectivity index (χ2v) is 9.30. The van der Waals surface area contributed by atoms with Crippen molar-refractivity contribution in [1.29, 1.82) is 0 Å². The molecule has 9 heteroatoms. The van der Waals surface area contributed by atoms with Gasteiger partial charge >= 0.3 is 0 Å². The molecule has 3 heterocycles. The van der Waals surface area contributed by atoms with Gasteiger partial charge in [-0.05, 0) is 30.5 Å². The third kappa shape index (κ3) is 5.38. The fourth-order valence-electron chi connectivity index (χ4n) is 3.21. The number of nitrogens with zero attached hydrogens (tertiary/aromatic N) is 4. The molecule has 0 atom stereocenters. The second kappa shape index (κ2) is 9.73. The number of nitrogens with one attached hydrogen (secondary N) is 1. The zero-order valence-electron chi connectivity index (χ0n) is 15.9. The molecule has 0 saturated carbocycles. The molecule has 1 aromatic carbocycles. The van der Waals surface area contributed by atoms with Crippen molar-refractivity contribution in [1.82, 2.24) is 20.3 Å². The van der Waals surface area contributed by atoms with Gasteiger partial charge in [-0.25, -0.2) is 9.97 Å². The van der Waals surface area contributed by atoms with E-state index in [-0.39, 0.29) is 5.91 Å². The number of carbonyl (C=O) groups excluding carboxylic acids is 1. The average molecular weight is 448 g/mol. The summed E-state index contributed by atoms with van der Waals surface area (Å²) < 4.78 is 0.960. The summed E-state index contributed by atoms with van der Waals surface area (Å²) in [4.78, 5) is 28.1. The third-order valence-electron chi connectivity index (χ3n) is 4.77. The van der Waals surface area contributed by atoms with Gasteiger partial charge in [0.25, 0.3) is 0 Å². The highest BCUT2D eigenvalue weighted by Gasteiger charge is 2.17. The molecule has 6 nitrogen and oxygen atoms in total. The lowest BCUT2D eigenvalue weighted by Crippen LogP contribution is -2.24. The zero-order chi connectivity index (χ0) is 20.1. The summed E-state index contributed by atoms with van der Waals surface area (Å²) in [5, 5.41) is 5.45. The summed E-state index contributed by atoms with van der Waals surface area (Å²) >= 11 is 8.94. The third-order valence-corrected chi connectivity index (χ3v) is 7.25. The summed E-state index contributed by atoms with van der Waals surface area (Å²) in [7, 11) is 0. The highest BCUT2D eigenvalue weighted by atomic mass is 35.5. The average Bonchev–Trinajstić information content (AvgIpc) is 2.99. The first-order valence-corrected chi connectivity index (χ1v) is 11.9. The van der Waals surface area contributed by atoms with Crippen LogP contribution in [0.2, 0.25) is 5.02 Å². The number of hydrogen-bond donors (Lipinski definition) is 1. The van der Waals surface area contributed by atoms with E-state index < -0.39 is 0 Å². The van der Waals surface area contributed by atoms with Gasteiger partial charge in [-0.2, -0.15) is 4.98 Å². The molecule has 1 fully saturated rings. The molecule has 0 spiro atoms. The summed E-state index contributed by atoms with van der Waals surface area (Å²) in [5.74, 6) is 0.269. The van der Waals surface area contributed by atoms with Crippen LogP contribution in [0.15, 0.2) is 35.6 Å². The van der Waals surface area contributed by atoms with Crippen LogP contribution in [0, 0.1) is 0 Å². The molecular formula is C20H22ClN5OS2. The Morgan fingerprint density at radius 3 is 2.66 bits per heavy atom. The molecule has 152 valence electrons. The maximum atomic E-state index is 12.3. The van der Waals surface area contributed by atoms with E-state index in [1.807, 2.05) is 24.3 Å². The Bertz CT molecular complexity index is 971. The number of halogens is 1. The molecule has 0 aliphatic carbocycles. The monoisotopic (exact) mass is 447 g/mol. The second-order valence-electron chi connectivity index (χ2n) is 6.92. The van der Waals surface area contributed by atoms with Gasteiger partial charge in [0.2, 0.25) is 5.91 Å². The zero-order valence-corrected chi connectivity index (χ0v) is 18.3. The fraction of sp³-hybridized carbons (Fsp3) is 0.400. The Labute approximate surface area is 183 Å². The topological polar surface area (TPSA) is 71.0 Å². The van der Waals surface area contributed by atoms with Gasteiger partial charge in [0.15, 0.2) is 10.8 Å². The molecule has 1 aliphatic heterocycles. The van der Waals surface area contributed by atoms with Crippen molar-refractivity contribution in [3.8, 4) is 0 Å². The Morgan fingerprint density at radius 1 is 1.14 bits per heavy atom. The van der Waals surface area contributed by atoms with E-state index in [9.17, 15) is 4.79 Å². The van der Waals surface area contributed by atoms with Crippen LogP contribution in [-0.2, 0) is 11.3 Å². The van der Waals surface area contributed by atoms with E-state index in [2.05, 4.69) is 20.2 Å². The quantitative estimate of drug-likeness (QED) is 0.442. The lowest BCUT2D eigenvalue weighted by Gasteiger charge is -2.18. The number of thiazole rings is 1. The SMILES string of the molecule is O=C(CSc1ncnc2nc(N3CCCCCC3)sc12)NCc1ccc(Cl)cc1. The van der Waals surface area contributed by atoms with Crippen LogP contribution in [-0.4, -0.2) is 39.7 Å². The smallest absolute Gasteiger partial charge is 0.230 e. The molecule has 4 rings (SSSR count). The molecule has 29 heavy (non-hydrogen) atoms. The predicted molar refractivity (Wildman–Crippen MR) is 120 cm³/mol. The number of hydrogen-bond acceptors (Lipinski definition) is 7. The molecule has 1 aliphatic rings. The lowest BCUT2D eigenvalue weighted by atomic mass is 10.2. The van der Waals surface area contributed by atoms with Gasteiger partial charge in [-0.15, -0.1) is 0 Å². The standard InChI is InChI=1S/C20H22ClN5OS2/c21-15-7-5-14(6-8-15)11-22-16(27)12-28-19-17-18(23-13-24-19)25-20(29-17)26-9-3-1-2-4-10-26/h5-8,13H,1-4,9-12H2,(H,22,27). The summed E-state index contributed by atoms with van der Waals surface area (Å²) in [6.07, 6.45) is 6.51. The van der Waals surface area contributed by atoms with Crippen LogP contribution >= 0.6 is 34.7 Å². The molecule has 0 radical (unpaired) electrons. The number of amides is 1. The van der Waals surface area contributed by atoms with Crippen molar-refractivity contribution >= 4 is 56.1 Å². The normalized spacial score (nSPS) is 14.7. The van der Waals surface area contributed by atoms with E-state index >= 15 is 0 Å². The number of rotatable bonds is 6. The molecular weight excluding hydrogens is 426 g/mol. The van der Waals surface area contributed by atoms with Gasteiger partial charge in [0.05, 0.1) is 5.75 Å². The largest absolute Gasteiger partial charge is 0.351 e. The number of thioether (sulfide) groups is 1. The van der Waals surface area contributed by atoms with Crippen LogP contribution in [0.3, 0.4) is 0 Å². The van der Waals surface area contributed by atoms with E-state index in [0.717, 1.165) is 33.5 Å². The number of anilines is 1. The molecule has 3 aromatic rings. The number of fused-ring (bicyclic) bond motifs is 1. The molecule has 0 unspecified atom stereocenters. The van der Waals surface area contributed by atoms with Crippen LogP contribution in [0.25, 0.3) is 10.3 Å². The first-order chi connectivity index (χ1) is 14.2. The predicted octanol–water partition coefficient (Wildman–Crippen LogP) is 4.53. The minimum Gasteiger partial charge on any atom is -0.351 e. The lowest BCUT2D eigenvalue weighted by molar-refractivity contribution is -0.118. The van der Waals surface area contributed by atoms with Crippen molar-refractivity contribution < 1.29 is 4.79 Å². The van der Waals surface area contributed by atoms with Gasteiger partial charge in [0, 0.05) is 24.7 Å². The van der Waals surface area contributed by atoms with E-state index in [4.69, 9.17) is 16.6 Å². The first-order valence-electron chi connectivity index (χ1n) is 9.69. The van der Waals surface area contributed by atoms with Crippen LogP contribution in [0.1, 0.15) is 31.2 Å². The maximum Gasteiger partial charge on any atom is 0.230 e. The Balaban J connectivity index is 1.38. The van der Waals surface area contributed by atoms with E-state index in [1.165, 1.54) is 43.8 Å². The van der Waals surface area contributed by atoms with E-state index in [1.54, 1.807) is 11.3 Å². The minimum atomic E-state index is -0.0334.